The minimum atomic E-state index is -0.500. The number of para-hydroxylation sites is 1. The van der Waals surface area contributed by atoms with Crippen LogP contribution in [0.25, 0.3) is 0 Å². The summed E-state index contributed by atoms with van der Waals surface area (Å²) in [5.74, 6) is 1.17. The van der Waals surface area contributed by atoms with E-state index in [1.54, 1.807) is 6.92 Å². The van der Waals surface area contributed by atoms with Crippen molar-refractivity contribution in [1.29, 1.82) is 0 Å². The third-order valence-corrected chi connectivity index (χ3v) is 3.20. The number of hydrogen-bond donors (Lipinski definition) is 2. The van der Waals surface area contributed by atoms with Gasteiger partial charge in [0.25, 0.3) is 5.91 Å². The summed E-state index contributed by atoms with van der Waals surface area (Å²) < 4.78 is 5.57. The summed E-state index contributed by atoms with van der Waals surface area (Å²) in [5, 5.41) is 2.96. The minimum absolute atomic E-state index is 0. The average molecular weight is 285 g/mol. The Hall–Kier alpha value is -1.26. The fourth-order valence-electron chi connectivity index (χ4n) is 1.92. The van der Waals surface area contributed by atoms with E-state index in [4.69, 9.17) is 10.5 Å². The fourth-order valence-corrected chi connectivity index (χ4v) is 1.92. The topological polar surface area (TPSA) is 64.3 Å². The van der Waals surface area contributed by atoms with Gasteiger partial charge in [0.2, 0.25) is 0 Å². The lowest BCUT2D eigenvalue weighted by Gasteiger charge is -2.20. The largest absolute Gasteiger partial charge is 0.481 e. The maximum atomic E-state index is 12.0. The van der Waals surface area contributed by atoms with E-state index in [0.29, 0.717) is 18.2 Å². The standard InChI is InChI=1S/C14H20N2O2.ClH/c1-10(18-12-5-3-2-4-6-12)14(17)16-13(9-15)11-7-8-11;/h2-6,10-11,13H,7-9,15H2,1H3,(H,16,17);1H. The van der Waals surface area contributed by atoms with Gasteiger partial charge in [-0.05, 0) is 37.8 Å². The van der Waals surface area contributed by atoms with Crippen molar-refractivity contribution in [2.24, 2.45) is 11.7 Å². The van der Waals surface area contributed by atoms with Crippen LogP contribution in [0.2, 0.25) is 0 Å². The van der Waals surface area contributed by atoms with Crippen molar-refractivity contribution < 1.29 is 9.53 Å². The van der Waals surface area contributed by atoms with Gasteiger partial charge in [0.15, 0.2) is 6.10 Å². The van der Waals surface area contributed by atoms with Crippen LogP contribution in [0.3, 0.4) is 0 Å². The van der Waals surface area contributed by atoms with Crippen LogP contribution >= 0.6 is 12.4 Å². The average Bonchev–Trinajstić information content (AvgIpc) is 3.21. The second-order valence-electron chi connectivity index (χ2n) is 4.76. The third kappa shape index (κ3) is 4.73. The molecule has 1 aliphatic carbocycles. The SMILES string of the molecule is CC(Oc1ccccc1)C(=O)NC(CN)C1CC1.Cl. The number of ether oxygens (including phenoxy) is 1. The van der Waals surface area contributed by atoms with Gasteiger partial charge in [-0.25, -0.2) is 0 Å². The van der Waals surface area contributed by atoms with Crippen LogP contribution in [-0.4, -0.2) is 24.6 Å². The lowest BCUT2D eigenvalue weighted by Crippen LogP contribution is -2.46. The Morgan fingerprint density at radius 1 is 1.42 bits per heavy atom. The Labute approximate surface area is 120 Å². The maximum absolute atomic E-state index is 12.0. The predicted molar refractivity (Wildman–Crippen MR) is 77.5 cm³/mol. The summed E-state index contributed by atoms with van der Waals surface area (Å²) in [6.45, 7) is 2.25. The van der Waals surface area contributed by atoms with Crippen molar-refractivity contribution in [2.75, 3.05) is 6.54 Å². The normalized spacial score (nSPS) is 16.9. The van der Waals surface area contributed by atoms with E-state index in [1.807, 2.05) is 30.3 Å². The number of rotatable bonds is 6. The highest BCUT2D eigenvalue weighted by atomic mass is 35.5. The van der Waals surface area contributed by atoms with Crippen LogP contribution in [0.4, 0.5) is 0 Å². The molecule has 0 heterocycles. The summed E-state index contributed by atoms with van der Waals surface area (Å²) in [7, 11) is 0. The first-order chi connectivity index (χ1) is 8.70. The second kappa shape index (κ2) is 7.36. The van der Waals surface area contributed by atoms with Crippen molar-refractivity contribution in [3.8, 4) is 5.75 Å². The molecule has 3 N–H and O–H groups in total. The van der Waals surface area contributed by atoms with Gasteiger partial charge in [-0.2, -0.15) is 0 Å². The summed E-state index contributed by atoms with van der Waals surface area (Å²) in [5.41, 5.74) is 5.66. The van der Waals surface area contributed by atoms with E-state index >= 15 is 0 Å². The molecule has 2 unspecified atom stereocenters. The van der Waals surface area contributed by atoms with Crippen LogP contribution in [0.1, 0.15) is 19.8 Å². The van der Waals surface area contributed by atoms with Gasteiger partial charge in [0.1, 0.15) is 5.75 Å². The number of halogens is 1. The lowest BCUT2D eigenvalue weighted by atomic mass is 10.2. The zero-order chi connectivity index (χ0) is 13.0. The van der Waals surface area contributed by atoms with E-state index < -0.39 is 6.10 Å². The van der Waals surface area contributed by atoms with E-state index in [0.717, 1.165) is 12.8 Å². The molecule has 0 spiro atoms. The Bertz CT molecular complexity index is 396. The smallest absolute Gasteiger partial charge is 0.261 e. The molecule has 0 radical (unpaired) electrons. The summed E-state index contributed by atoms with van der Waals surface area (Å²) >= 11 is 0. The van der Waals surface area contributed by atoms with E-state index in [2.05, 4.69) is 5.32 Å². The zero-order valence-corrected chi connectivity index (χ0v) is 11.9. The molecule has 2 rings (SSSR count). The maximum Gasteiger partial charge on any atom is 0.261 e. The van der Waals surface area contributed by atoms with Crippen molar-refractivity contribution in [1.82, 2.24) is 5.32 Å². The first kappa shape index (κ1) is 15.8. The number of nitrogens with two attached hydrogens (primary N) is 1. The highest BCUT2D eigenvalue weighted by Crippen LogP contribution is 2.32. The van der Waals surface area contributed by atoms with Crippen molar-refractivity contribution >= 4 is 18.3 Å². The van der Waals surface area contributed by atoms with Gasteiger partial charge in [0.05, 0.1) is 0 Å². The molecule has 0 saturated heterocycles. The Kier molecular flexibility index (Phi) is 6.12. The molecule has 5 heteroatoms. The molecule has 1 aromatic rings. The minimum Gasteiger partial charge on any atom is -0.481 e. The van der Waals surface area contributed by atoms with E-state index in [9.17, 15) is 4.79 Å². The van der Waals surface area contributed by atoms with Crippen LogP contribution < -0.4 is 15.8 Å². The van der Waals surface area contributed by atoms with Gasteiger partial charge in [-0.3, -0.25) is 4.79 Å². The molecule has 1 aromatic carbocycles. The molecule has 1 saturated carbocycles. The van der Waals surface area contributed by atoms with Crippen LogP contribution in [0.15, 0.2) is 30.3 Å². The van der Waals surface area contributed by atoms with E-state index in [-0.39, 0.29) is 24.4 Å². The number of carbonyl (C=O) groups is 1. The molecule has 0 bridgehead atoms. The number of carbonyl (C=O) groups excluding carboxylic acids is 1. The van der Waals surface area contributed by atoms with Crippen LogP contribution in [0.5, 0.6) is 5.75 Å². The molecule has 19 heavy (non-hydrogen) atoms. The Morgan fingerprint density at radius 3 is 2.58 bits per heavy atom. The van der Waals surface area contributed by atoms with Crippen molar-refractivity contribution in [3.63, 3.8) is 0 Å². The molecule has 0 aromatic heterocycles. The van der Waals surface area contributed by atoms with Gasteiger partial charge in [-0.1, -0.05) is 18.2 Å². The fraction of sp³-hybridized carbons (Fsp3) is 0.500. The molecular formula is C14H21ClN2O2. The molecule has 106 valence electrons. The summed E-state index contributed by atoms with van der Waals surface area (Å²) in [6, 6.07) is 9.45. The third-order valence-electron chi connectivity index (χ3n) is 3.20. The van der Waals surface area contributed by atoms with Gasteiger partial charge >= 0.3 is 0 Å². The second-order valence-corrected chi connectivity index (χ2v) is 4.76. The number of nitrogens with one attached hydrogen (secondary N) is 1. The van der Waals surface area contributed by atoms with Crippen LogP contribution in [0, 0.1) is 5.92 Å². The summed E-state index contributed by atoms with van der Waals surface area (Å²) in [4.78, 5) is 12.0. The van der Waals surface area contributed by atoms with Gasteiger partial charge < -0.3 is 15.8 Å². The van der Waals surface area contributed by atoms with Gasteiger partial charge in [0, 0.05) is 12.6 Å². The molecule has 0 aliphatic heterocycles. The molecular weight excluding hydrogens is 264 g/mol. The summed E-state index contributed by atoms with van der Waals surface area (Å²) in [6.07, 6.45) is 1.83. The van der Waals surface area contributed by atoms with Crippen molar-refractivity contribution in [2.45, 2.75) is 31.9 Å². The first-order valence-electron chi connectivity index (χ1n) is 6.43. The van der Waals surface area contributed by atoms with Crippen molar-refractivity contribution in [3.05, 3.63) is 30.3 Å². The highest BCUT2D eigenvalue weighted by molar-refractivity contribution is 5.85. The Balaban J connectivity index is 0.00000180. The molecule has 1 amide bonds. The zero-order valence-electron chi connectivity index (χ0n) is 11.0. The van der Waals surface area contributed by atoms with Gasteiger partial charge in [-0.15, -0.1) is 12.4 Å². The van der Waals surface area contributed by atoms with Crippen LogP contribution in [-0.2, 0) is 4.79 Å². The highest BCUT2D eigenvalue weighted by Gasteiger charge is 2.32. The molecule has 2 atom stereocenters. The number of hydrogen-bond acceptors (Lipinski definition) is 3. The number of benzene rings is 1. The lowest BCUT2D eigenvalue weighted by molar-refractivity contribution is -0.128. The first-order valence-corrected chi connectivity index (χ1v) is 6.43. The molecule has 1 aliphatic rings. The monoisotopic (exact) mass is 284 g/mol. The predicted octanol–water partition coefficient (Wildman–Crippen LogP) is 1.73. The van der Waals surface area contributed by atoms with E-state index in [1.165, 1.54) is 0 Å². The Morgan fingerprint density at radius 2 is 2.05 bits per heavy atom. The quantitative estimate of drug-likeness (QED) is 0.836. The molecule has 1 fully saturated rings. The number of amides is 1. The molecule has 4 nitrogen and oxygen atoms in total.